The van der Waals surface area contributed by atoms with E-state index < -0.39 is 37.3 Å². The Morgan fingerprint density at radius 1 is 0.522 bits per heavy atom. The average molecular weight is 888 g/mol. The molecule has 336 valence electrons. The highest BCUT2D eigenvalue weighted by atomic mass is 16.3. The monoisotopic (exact) mass is 888 g/mol. The fourth-order valence-electron chi connectivity index (χ4n) is 8.95. The first-order chi connectivity index (χ1) is 35.9. The number of hydrogen-bond acceptors (Lipinski definition) is 3. The zero-order valence-electron chi connectivity index (χ0n) is 49.5. The number of aromatic nitrogens is 3. The molecule has 0 fully saturated rings. The Bertz CT molecular complexity index is 3610. The van der Waals surface area contributed by atoms with Crippen molar-refractivity contribution in [3.8, 4) is 78.6 Å². The number of aromatic hydroxyl groups is 1. The smallest absolute Gasteiger partial charge is 0.149 e. The number of pyridine rings is 1. The van der Waals surface area contributed by atoms with E-state index >= 15 is 0 Å². The van der Waals surface area contributed by atoms with Crippen LogP contribution in [0.4, 0.5) is 0 Å². The fourth-order valence-corrected chi connectivity index (χ4v) is 8.95. The molecule has 0 aliphatic rings. The first-order valence-electron chi connectivity index (χ1n) is 27.8. The van der Waals surface area contributed by atoms with Crippen LogP contribution < -0.4 is 0 Å². The number of fused-ring (bicyclic) bond motifs is 1. The molecule has 0 bridgehead atoms. The second kappa shape index (κ2) is 17.3. The molecule has 0 atom stereocenters. The van der Waals surface area contributed by atoms with Crippen molar-refractivity contribution >= 4 is 11.0 Å². The van der Waals surface area contributed by atoms with Gasteiger partial charge in [-0.15, -0.1) is 0 Å². The van der Waals surface area contributed by atoms with E-state index in [1.165, 1.54) is 12.1 Å². The molecule has 9 aromatic rings. The summed E-state index contributed by atoms with van der Waals surface area (Å²) in [6.45, 7) is 6.43. The first kappa shape index (κ1) is 34.3. The maximum Gasteiger partial charge on any atom is 0.149 e. The van der Waals surface area contributed by atoms with Gasteiger partial charge in [-0.25, -0.2) is 4.98 Å². The molecule has 0 amide bonds. The lowest BCUT2D eigenvalue weighted by Crippen LogP contribution is -2.17. The predicted molar refractivity (Wildman–Crippen MR) is 283 cm³/mol. The van der Waals surface area contributed by atoms with Crippen LogP contribution in [0.1, 0.15) is 118 Å². The van der Waals surface area contributed by atoms with Crippen LogP contribution in [0, 0.1) is 0 Å². The molecule has 7 aromatic carbocycles. The van der Waals surface area contributed by atoms with Gasteiger partial charge in [-0.1, -0.05) is 185 Å². The molecule has 4 heteroatoms. The summed E-state index contributed by atoms with van der Waals surface area (Å²) >= 11 is 0. The van der Waals surface area contributed by atoms with Crippen LogP contribution >= 0.6 is 0 Å². The molecule has 0 aliphatic heterocycles. The molecule has 0 radical (unpaired) electrons. The Labute approximate surface area is 412 Å². The standard InChI is InChI=1S/C63H63N3O/c1-40(2)53-39-50(29-30-51(53)43-21-16-13-17-22-43)66-57-24-18-23-52(58(57)65-60(66)54-37-49(62(6,7)8)38-55(59(54)67)63(9,10)11)46-33-45(41-19-14-12-15-20-41)34-47(35-46)56-36-44(31-32-64-56)42-25-27-48(28-26-42)61(3,4)5/h12-40,67H,1-11H3/i3D3,4D3,5D3,40D. The summed E-state index contributed by atoms with van der Waals surface area (Å²) < 4.78 is 85.6. The predicted octanol–water partition coefficient (Wildman–Crippen LogP) is 17.1. The number of imidazole rings is 1. The maximum atomic E-state index is 12.5. The number of phenols is 1. The Morgan fingerprint density at radius 2 is 1.18 bits per heavy atom. The van der Waals surface area contributed by atoms with Crippen LogP contribution in [0.3, 0.4) is 0 Å². The Hall–Kier alpha value is -7.04. The minimum Gasteiger partial charge on any atom is -0.507 e. The van der Waals surface area contributed by atoms with Gasteiger partial charge in [-0.3, -0.25) is 9.55 Å². The number of rotatable bonds is 8. The van der Waals surface area contributed by atoms with Crippen LogP contribution in [0.5, 0.6) is 5.75 Å². The van der Waals surface area contributed by atoms with Crippen LogP contribution in [-0.4, -0.2) is 19.6 Å². The van der Waals surface area contributed by atoms with Gasteiger partial charge < -0.3 is 5.11 Å². The van der Waals surface area contributed by atoms with E-state index in [0.717, 1.165) is 66.8 Å². The summed E-state index contributed by atoms with van der Waals surface area (Å²) in [4.78, 5) is 10.4. The third kappa shape index (κ3) is 8.98. The van der Waals surface area contributed by atoms with E-state index in [-0.39, 0.29) is 16.7 Å². The van der Waals surface area contributed by atoms with Gasteiger partial charge in [-0.05, 0) is 132 Å². The quantitative estimate of drug-likeness (QED) is 0.165. The molecule has 9 rings (SSSR count). The maximum absolute atomic E-state index is 12.5. The lowest BCUT2D eigenvalue weighted by atomic mass is 9.79. The van der Waals surface area contributed by atoms with Gasteiger partial charge in [0.1, 0.15) is 11.6 Å². The molecule has 2 aromatic heterocycles. The second-order valence-electron chi connectivity index (χ2n) is 19.9. The Kier molecular flexibility index (Phi) is 8.86. The van der Waals surface area contributed by atoms with Gasteiger partial charge in [0.2, 0.25) is 0 Å². The Morgan fingerprint density at radius 3 is 1.84 bits per heavy atom. The van der Waals surface area contributed by atoms with E-state index in [9.17, 15) is 6.48 Å². The molecule has 1 N–H and O–H groups in total. The molecule has 2 heterocycles. The first-order valence-corrected chi connectivity index (χ1v) is 22.8. The molecular weight excluding hydrogens is 815 g/mol. The van der Waals surface area contributed by atoms with Crippen molar-refractivity contribution in [2.75, 3.05) is 0 Å². The van der Waals surface area contributed by atoms with Gasteiger partial charge in [0.25, 0.3) is 0 Å². The van der Waals surface area contributed by atoms with Crippen molar-refractivity contribution in [3.63, 3.8) is 0 Å². The minimum atomic E-state index is -3.38. The fraction of sp³-hybridized carbons (Fsp3) is 0.238. The third-order valence-electron chi connectivity index (χ3n) is 12.7. The lowest BCUT2D eigenvalue weighted by Gasteiger charge is -2.27. The molecule has 4 nitrogen and oxygen atoms in total. The highest BCUT2D eigenvalue weighted by Gasteiger charge is 2.29. The topological polar surface area (TPSA) is 50.9 Å². The van der Waals surface area contributed by atoms with Crippen LogP contribution in [0.2, 0.25) is 0 Å². The molecular formula is C63H63N3O. The van der Waals surface area contributed by atoms with Crippen LogP contribution in [0.25, 0.3) is 83.9 Å². The molecule has 0 aliphatic carbocycles. The van der Waals surface area contributed by atoms with E-state index in [1.54, 1.807) is 24.4 Å². The minimum absolute atomic E-state index is 0.144. The number of benzene rings is 7. The number of hydrogen-bond donors (Lipinski definition) is 1. The lowest BCUT2D eigenvalue weighted by molar-refractivity contribution is 0.446. The molecule has 67 heavy (non-hydrogen) atoms. The summed E-state index contributed by atoms with van der Waals surface area (Å²) in [7, 11) is 0. The largest absolute Gasteiger partial charge is 0.507 e. The zero-order chi connectivity index (χ0) is 55.8. The van der Waals surface area contributed by atoms with Gasteiger partial charge in [0.15, 0.2) is 0 Å². The summed E-state index contributed by atoms with van der Waals surface area (Å²) in [5, 5.41) is 12.5. The zero-order valence-corrected chi connectivity index (χ0v) is 39.5. The molecule has 0 spiro atoms. The highest BCUT2D eigenvalue weighted by Crippen LogP contribution is 2.45. The van der Waals surface area contributed by atoms with E-state index in [0.29, 0.717) is 33.7 Å². The third-order valence-corrected chi connectivity index (χ3v) is 12.7. The van der Waals surface area contributed by atoms with Crippen LogP contribution in [0.15, 0.2) is 170 Å². The highest BCUT2D eigenvalue weighted by molar-refractivity contribution is 5.98. The summed E-state index contributed by atoms with van der Waals surface area (Å²) in [6, 6.07) is 52.2. The number of nitrogens with zero attached hydrogens (tertiary/aromatic N) is 3. The molecule has 0 saturated carbocycles. The summed E-state index contributed by atoms with van der Waals surface area (Å²) in [6.07, 6.45) is 1.67. The van der Waals surface area contributed by atoms with Crippen molar-refractivity contribution in [3.05, 3.63) is 192 Å². The van der Waals surface area contributed by atoms with Crippen molar-refractivity contribution in [2.24, 2.45) is 0 Å². The van der Waals surface area contributed by atoms with Crippen molar-refractivity contribution in [1.82, 2.24) is 14.5 Å². The number of phenolic OH excluding ortho intramolecular Hbond substituents is 1. The number of para-hydroxylation sites is 1. The van der Waals surface area contributed by atoms with Gasteiger partial charge in [0, 0.05) is 42.3 Å². The molecule has 0 saturated heterocycles. The summed E-state index contributed by atoms with van der Waals surface area (Å²) in [5.41, 5.74) is 9.48. The Balaban J connectivity index is 1.28. The van der Waals surface area contributed by atoms with Crippen molar-refractivity contribution in [1.29, 1.82) is 0 Å². The normalized spacial score (nSPS) is 15.2. The molecule has 0 unspecified atom stereocenters. The van der Waals surface area contributed by atoms with E-state index in [1.807, 2.05) is 86.6 Å². The summed E-state index contributed by atoms with van der Waals surface area (Å²) in [5.74, 6) is -0.313. The van der Waals surface area contributed by atoms with Crippen molar-refractivity contribution < 1.29 is 18.8 Å². The second-order valence-corrected chi connectivity index (χ2v) is 19.9. The SMILES string of the molecule is [2H]C(C)(C)c1cc(-n2c(-c3cc(C(C)(C)C)cc(C(C)(C)C)c3O)nc3c(-c4cc(-c5ccccc5)cc(-c5cc(-c6ccc(C(C([2H])([2H])[2H])(C([2H])([2H])[2H])C([2H])([2H])[2H])cc6)ccn5)c4)cccc32)ccc1-c1ccccc1. The van der Waals surface area contributed by atoms with Gasteiger partial charge in [-0.2, -0.15) is 0 Å². The van der Waals surface area contributed by atoms with Gasteiger partial charge >= 0.3 is 0 Å². The van der Waals surface area contributed by atoms with Crippen molar-refractivity contribution in [2.45, 2.75) is 98.1 Å². The average Bonchev–Trinajstić information content (AvgIpc) is 3.83. The van der Waals surface area contributed by atoms with Gasteiger partial charge in [0.05, 0.1) is 22.3 Å². The van der Waals surface area contributed by atoms with Crippen LogP contribution in [-0.2, 0) is 16.2 Å². The van der Waals surface area contributed by atoms with E-state index in [2.05, 4.69) is 107 Å². The van der Waals surface area contributed by atoms with E-state index in [4.69, 9.17) is 22.3 Å².